The molecule has 0 saturated heterocycles. The summed E-state index contributed by atoms with van der Waals surface area (Å²) < 4.78 is 40.8. The molecule has 0 atom stereocenters. The molecule has 0 saturated carbocycles. The fourth-order valence-electron chi connectivity index (χ4n) is 1.80. The number of rotatable bonds is 5. The van der Waals surface area contributed by atoms with E-state index in [9.17, 15) is 12.8 Å². The van der Waals surface area contributed by atoms with Gasteiger partial charge in [0.2, 0.25) is 10.0 Å². The van der Waals surface area contributed by atoms with Gasteiger partial charge in [-0.1, -0.05) is 11.6 Å². The SMILES string of the molecule is Cc1cc(S(=O)(=O)NCCc2ccc(Cl)s2)cc(N)c1F. The lowest BCUT2D eigenvalue weighted by Crippen LogP contribution is -2.26. The maximum atomic E-state index is 13.4. The number of nitrogens with one attached hydrogen (secondary N) is 1. The second-order valence-electron chi connectivity index (χ2n) is 4.50. The van der Waals surface area contributed by atoms with Crippen molar-refractivity contribution < 1.29 is 12.8 Å². The van der Waals surface area contributed by atoms with Crippen molar-refractivity contribution in [2.75, 3.05) is 12.3 Å². The summed E-state index contributed by atoms with van der Waals surface area (Å²) in [6.07, 6.45) is 0.534. The molecule has 0 fully saturated rings. The zero-order valence-corrected chi connectivity index (χ0v) is 13.6. The lowest BCUT2D eigenvalue weighted by atomic mass is 10.2. The Morgan fingerprint density at radius 3 is 2.67 bits per heavy atom. The van der Waals surface area contributed by atoms with Gasteiger partial charge in [-0.3, -0.25) is 0 Å². The molecule has 1 aromatic heterocycles. The van der Waals surface area contributed by atoms with Gasteiger partial charge in [-0.15, -0.1) is 11.3 Å². The third-order valence-electron chi connectivity index (χ3n) is 2.86. The van der Waals surface area contributed by atoms with E-state index in [-0.39, 0.29) is 22.7 Å². The maximum Gasteiger partial charge on any atom is 0.240 e. The van der Waals surface area contributed by atoms with Crippen molar-refractivity contribution in [2.45, 2.75) is 18.2 Å². The van der Waals surface area contributed by atoms with Crippen molar-refractivity contribution in [3.05, 3.63) is 44.9 Å². The highest BCUT2D eigenvalue weighted by molar-refractivity contribution is 7.89. The summed E-state index contributed by atoms with van der Waals surface area (Å²) in [6.45, 7) is 1.70. The molecule has 0 aliphatic carbocycles. The van der Waals surface area contributed by atoms with Crippen molar-refractivity contribution >= 4 is 38.6 Å². The molecule has 0 radical (unpaired) electrons. The van der Waals surface area contributed by atoms with E-state index in [1.165, 1.54) is 24.3 Å². The predicted octanol–water partition coefficient (Wildman–Crippen LogP) is 2.95. The zero-order valence-electron chi connectivity index (χ0n) is 11.2. The number of hydrogen-bond donors (Lipinski definition) is 2. The number of halogens is 2. The highest BCUT2D eigenvalue weighted by Gasteiger charge is 2.17. The second kappa shape index (κ2) is 6.31. The molecule has 2 aromatic rings. The summed E-state index contributed by atoms with van der Waals surface area (Å²) in [5.74, 6) is -0.595. The first-order valence-electron chi connectivity index (χ1n) is 6.09. The Balaban J connectivity index is 2.08. The van der Waals surface area contributed by atoms with Crippen LogP contribution in [-0.4, -0.2) is 15.0 Å². The molecule has 0 aliphatic heterocycles. The summed E-state index contributed by atoms with van der Waals surface area (Å²) in [6, 6.07) is 5.99. The molecule has 0 aliphatic rings. The summed E-state index contributed by atoms with van der Waals surface area (Å²) >= 11 is 7.21. The molecule has 3 N–H and O–H groups in total. The molecular weight excluding hydrogens is 335 g/mol. The minimum Gasteiger partial charge on any atom is -0.396 e. The highest BCUT2D eigenvalue weighted by Crippen LogP contribution is 2.22. The van der Waals surface area contributed by atoms with Crippen LogP contribution < -0.4 is 10.5 Å². The molecule has 0 amide bonds. The van der Waals surface area contributed by atoms with E-state index in [4.69, 9.17) is 17.3 Å². The van der Waals surface area contributed by atoms with E-state index in [0.717, 1.165) is 10.9 Å². The van der Waals surface area contributed by atoms with Crippen molar-refractivity contribution in [3.8, 4) is 0 Å². The van der Waals surface area contributed by atoms with Gasteiger partial charge in [0.1, 0.15) is 5.82 Å². The molecule has 1 heterocycles. The van der Waals surface area contributed by atoms with E-state index in [0.29, 0.717) is 10.8 Å². The Labute approximate surface area is 131 Å². The first-order chi connectivity index (χ1) is 9.79. The summed E-state index contributed by atoms with van der Waals surface area (Å²) in [5.41, 5.74) is 5.48. The fraction of sp³-hybridized carbons (Fsp3) is 0.231. The minimum atomic E-state index is -3.71. The zero-order chi connectivity index (χ0) is 15.6. The van der Waals surface area contributed by atoms with Crippen LogP contribution in [0.4, 0.5) is 10.1 Å². The van der Waals surface area contributed by atoms with Crippen LogP contribution in [0.3, 0.4) is 0 Å². The Morgan fingerprint density at radius 2 is 2.10 bits per heavy atom. The fourth-order valence-corrected chi connectivity index (χ4v) is 4.03. The van der Waals surface area contributed by atoms with Crippen molar-refractivity contribution in [3.63, 3.8) is 0 Å². The van der Waals surface area contributed by atoms with Crippen LogP contribution >= 0.6 is 22.9 Å². The first-order valence-corrected chi connectivity index (χ1v) is 8.77. The van der Waals surface area contributed by atoms with Crippen LogP contribution in [0, 0.1) is 12.7 Å². The van der Waals surface area contributed by atoms with Crippen molar-refractivity contribution in [1.82, 2.24) is 4.72 Å². The van der Waals surface area contributed by atoms with E-state index >= 15 is 0 Å². The summed E-state index contributed by atoms with van der Waals surface area (Å²) in [5, 5.41) is 0. The number of benzene rings is 1. The lowest BCUT2D eigenvalue weighted by Gasteiger charge is -2.09. The van der Waals surface area contributed by atoms with Crippen molar-refractivity contribution in [2.24, 2.45) is 0 Å². The number of nitrogens with two attached hydrogens (primary N) is 1. The molecule has 21 heavy (non-hydrogen) atoms. The average molecular weight is 349 g/mol. The van der Waals surface area contributed by atoms with E-state index in [1.807, 2.05) is 6.07 Å². The Hall–Kier alpha value is -1.15. The van der Waals surface area contributed by atoms with Crippen LogP contribution in [0.25, 0.3) is 0 Å². The summed E-state index contributed by atoms with van der Waals surface area (Å²) in [4.78, 5) is 0.945. The van der Waals surface area contributed by atoms with Crippen LogP contribution in [0.2, 0.25) is 4.34 Å². The van der Waals surface area contributed by atoms with Gasteiger partial charge in [0.05, 0.1) is 14.9 Å². The van der Waals surface area contributed by atoms with Gasteiger partial charge in [0.25, 0.3) is 0 Å². The van der Waals surface area contributed by atoms with Gasteiger partial charge in [-0.2, -0.15) is 0 Å². The van der Waals surface area contributed by atoms with Crippen LogP contribution in [0.15, 0.2) is 29.2 Å². The third-order valence-corrected chi connectivity index (χ3v) is 5.59. The van der Waals surface area contributed by atoms with E-state index in [1.54, 1.807) is 6.07 Å². The van der Waals surface area contributed by atoms with Crippen LogP contribution in [0.1, 0.15) is 10.4 Å². The molecule has 8 heteroatoms. The summed E-state index contributed by atoms with van der Waals surface area (Å²) in [7, 11) is -3.71. The van der Waals surface area contributed by atoms with Crippen molar-refractivity contribution in [1.29, 1.82) is 0 Å². The first kappa shape index (κ1) is 16.2. The predicted molar refractivity (Wildman–Crippen MR) is 83.8 cm³/mol. The van der Waals surface area contributed by atoms with Gasteiger partial charge in [0.15, 0.2) is 0 Å². The topological polar surface area (TPSA) is 72.2 Å². The van der Waals surface area contributed by atoms with Crippen LogP contribution in [-0.2, 0) is 16.4 Å². The quantitative estimate of drug-likeness (QED) is 0.816. The minimum absolute atomic E-state index is 0.0388. The number of anilines is 1. The molecule has 0 bridgehead atoms. The van der Waals surface area contributed by atoms with E-state index in [2.05, 4.69) is 4.72 Å². The Bertz CT molecular complexity index is 736. The number of nitrogen functional groups attached to an aromatic ring is 1. The maximum absolute atomic E-state index is 13.4. The molecule has 2 rings (SSSR count). The third kappa shape index (κ3) is 3.94. The Kier molecular flexibility index (Phi) is 4.88. The Morgan fingerprint density at radius 1 is 1.38 bits per heavy atom. The molecule has 114 valence electrons. The molecule has 4 nitrogen and oxygen atoms in total. The lowest BCUT2D eigenvalue weighted by molar-refractivity contribution is 0.580. The smallest absolute Gasteiger partial charge is 0.240 e. The highest BCUT2D eigenvalue weighted by atomic mass is 35.5. The second-order valence-corrected chi connectivity index (χ2v) is 8.06. The number of aryl methyl sites for hydroxylation is 1. The van der Waals surface area contributed by atoms with Gasteiger partial charge in [0, 0.05) is 11.4 Å². The molecule has 0 unspecified atom stereocenters. The average Bonchev–Trinajstić information content (AvgIpc) is 2.81. The van der Waals surface area contributed by atoms with Gasteiger partial charge >= 0.3 is 0 Å². The normalized spacial score (nSPS) is 11.8. The largest absolute Gasteiger partial charge is 0.396 e. The van der Waals surface area contributed by atoms with Gasteiger partial charge in [-0.05, 0) is 43.2 Å². The van der Waals surface area contributed by atoms with E-state index < -0.39 is 15.8 Å². The molecular formula is C13H14ClFN2O2S2. The molecule has 1 aromatic carbocycles. The number of hydrogen-bond acceptors (Lipinski definition) is 4. The molecule has 0 spiro atoms. The van der Waals surface area contributed by atoms with Crippen LogP contribution in [0.5, 0.6) is 0 Å². The van der Waals surface area contributed by atoms with Gasteiger partial charge < -0.3 is 5.73 Å². The number of thiophene rings is 1. The standard InChI is InChI=1S/C13H14ClFN2O2S2/c1-8-6-10(7-11(16)13(8)15)21(18,19)17-5-4-9-2-3-12(14)20-9/h2-3,6-7,17H,4-5,16H2,1H3. The van der Waals surface area contributed by atoms with Gasteiger partial charge in [-0.25, -0.2) is 17.5 Å². The number of sulfonamides is 1. The monoisotopic (exact) mass is 348 g/mol.